The van der Waals surface area contributed by atoms with Crippen molar-refractivity contribution in [3.63, 3.8) is 0 Å². The lowest BCUT2D eigenvalue weighted by Crippen LogP contribution is -2.15. The highest BCUT2D eigenvalue weighted by Gasteiger charge is 2.25. The van der Waals surface area contributed by atoms with Crippen LogP contribution in [0.15, 0.2) is 35.7 Å². The van der Waals surface area contributed by atoms with Crippen LogP contribution in [0, 0.1) is 5.82 Å². The van der Waals surface area contributed by atoms with Crippen molar-refractivity contribution in [2.24, 2.45) is 0 Å². The second-order valence-electron chi connectivity index (χ2n) is 5.68. The predicted octanol–water partition coefficient (Wildman–Crippen LogP) is 6.47. The van der Waals surface area contributed by atoms with Crippen molar-refractivity contribution < 1.29 is 23.8 Å². The number of benzene rings is 2. The average molecular weight is 475 g/mol. The summed E-state index contributed by atoms with van der Waals surface area (Å²) in [5.74, 6) is -2.37. The number of carboxylic acids is 1. The summed E-state index contributed by atoms with van der Waals surface area (Å²) in [5.41, 5.74) is 0.583. The highest BCUT2D eigenvalue weighted by atomic mass is 35.5. The minimum absolute atomic E-state index is 0.0227. The fourth-order valence-corrected chi connectivity index (χ4v) is 4.68. The van der Waals surface area contributed by atoms with Crippen LogP contribution in [0.2, 0.25) is 15.1 Å². The minimum atomic E-state index is -1.26. The standard InChI is InChI=1S/C19H11Cl3FNO4S/c1-28-16-12(21)6-11(20)14(15(16)22)17(25)24-18-13(19(26)27)10(7-29-18)8-2-4-9(23)5-3-8/h2-7H,1H3,(H,24,25)(H,26,27). The molecule has 2 aromatic carbocycles. The first-order valence-corrected chi connectivity index (χ1v) is 9.89. The van der Waals surface area contributed by atoms with Gasteiger partial charge in [-0.2, -0.15) is 0 Å². The van der Waals surface area contributed by atoms with E-state index in [9.17, 15) is 19.1 Å². The van der Waals surface area contributed by atoms with Gasteiger partial charge in [-0.05, 0) is 23.8 Å². The van der Waals surface area contributed by atoms with Gasteiger partial charge in [-0.1, -0.05) is 46.9 Å². The third kappa shape index (κ3) is 4.18. The summed E-state index contributed by atoms with van der Waals surface area (Å²) in [6, 6.07) is 6.65. The predicted molar refractivity (Wildman–Crippen MR) is 113 cm³/mol. The first-order valence-electron chi connectivity index (χ1n) is 7.88. The lowest BCUT2D eigenvalue weighted by molar-refractivity contribution is 0.0699. The van der Waals surface area contributed by atoms with Gasteiger partial charge in [-0.25, -0.2) is 9.18 Å². The van der Waals surface area contributed by atoms with E-state index in [1.165, 1.54) is 37.4 Å². The Morgan fingerprint density at radius 2 is 1.76 bits per heavy atom. The van der Waals surface area contributed by atoms with Gasteiger partial charge in [0.05, 0.1) is 27.7 Å². The number of thiophene rings is 1. The molecule has 2 N–H and O–H groups in total. The van der Waals surface area contributed by atoms with E-state index in [0.717, 1.165) is 11.3 Å². The molecule has 0 aliphatic carbocycles. The average Bonchev–Trinajstić information content (AvgIpc) is 3.06. The number of anilines is 1. The van der Waals surface area contributed by atoms with Crippen LogP contribution in [0.5, 0.6) is 5.75 Å². The quantitative estimate of drug-likeness (QED) is 0.444. The number of hydrogen-bond acceptors (Lipinski definition) is 4. The van der Waals surface area contributed by atoms with Gasteiger partial charge >= 0.3 is 5.97 Å². The van der Waals surface area contributed by atoms with Gasteiger partial charge < -0.3 is 15.2 Å². The van der Waals surface area contributed by atoms with Gasteiger partial charge in [0.1, 0.15) is 16.4 Å². The van der Waals surface area contributed by atoms with Crippen molar-refractivity contribution in [1.29, 1.82) is 0 Å². The lowest BCUT2D eigenvalue weighted by atomic mass is 10.0. The molecule has 0 bridgehead atoms. The van der Waals surface area contributed by atoms with Gasteiger partial charge in [0.2, 0.25) is 0 Å². The van der Waals surface area contributed by atoms with E-state index in [-0.39, 0.29) is 36.9 Å². The summed E-state index contributed by atoms with van der Waals surface area (Å²) in [6.45, 7) is 0. The highest BCUT2D eigenvalue weighted by Crippen LogP contribution is 2.41. The van der Waals surface area contributed by atoms with Crippen LogP contribution in [0.4, 0.5) is 9.39 Å². The van der Waals surface area contributed by atoms with E-state index in [4.69, 9.17) is 39.5 Å². The second-order valence-corrected chi connectivity index (χ2v) is 7.75. The summed E-state index contributed by atoms with van der Waals surface area (Å²) in [7, 11) is 1.33. The summed E-state index contributed by atoms with van der Waals surface area (Å²) in [6.07, 6.45) is 0. The van der Waals surface area contributed by atoms with Crippen molar-refractivity contribution in [2.75, 3.05) is 12.4 Å². The van der Waals surface area contributed by atoms with Crippen LogP contribution in [0.3, 0.4) is 0 Å². The Morgan fingerprint density at radius 1 is 1.10 bits per heavy atom. The van der Waals surface area contributed by atoms with Crippen molar-refractivity contribution in [2.45, 2.75) is 0 Å². The maximum absolute atomic E-state index is 13.2. The Morgan fingerprint density at radius 3 is 2.34 bits per heavy atom. The molecule has 150 valence electrons. The Balaban J connectivity index is 2.02. The SMILES string of the molecule is COc1c(Cl)cc(Cl)c(C(=O)Nc2scc(-c3ccc(F)cc3)c2C(=O)O)c1Cl. The van der Waals surface area contributed by atoms with Gasteiger partial charge in [0.25, 0.3) is 5.91 Å². The second kappa shape index (κ2) is 8.59. The number of amides is 1. The molecule has 3 rings (SSSR count). The molecule has 0 saturated heterocycles. The number of methoxy groups -OCH3 is 1. The third-order valence-electron chi connectivity index (χ3n) is 3.95. The third-order valence-corrected chi connectivity index (χ3v) is 5.78. The Kier molecular flexibility index (Phi) is 6.33. The largest absolute Gasteiger partial charge is 0.494 e. The van der Waals surface area contributed by atoms with E-state index in [1.807, 2.05) is 0 Å². The highest BCUT2D eigenvalue weighted by molar-refractivity contribution is 7.15. The Bertz CT molecular complexity index is 1120. The number of nitrogens with one attached hydrogen (secondary N) is 1. The number of hydrogen-bond donors (Lipinski definition) is 2. The fourth-order valence-electron chi connectivity index (χ4n) is 2.64. The van der Waals surface area contributed by atoms with Gasteiger partial charge in [0, 0.05) is 10.9 Å². The van der Waals surface area contributed by atoms with Crippen LogP contribution >= 0.6 is 46.1 Å². The molecule has 0 saturated carbocycles. The summed E-state index contributed by atoms with van der Waals surface area (Å²) in [5, 5.41) is 13.8. The van der Waals surface area contributed by atoms with Crippen molar-refractivity contribution in [1.82, 2.24) is 0 Å². The van der Waals surface area contributed by atoms with Crippen molar-refractivity contribution in [3.8, 4) is 16.9 Å². The first-order chi connectivity index (χ1) is 13.7. The normalized spacial score (nSPS) is 10.7. The number of carboxylic acid groups (broad SMARTS) is 1. The molecular formula is C19H11Cl3FNO4S. The molecule has 1 aromatic heterocycles. The number of carbonyl (C=O) groups is 2. The monoisotopic (exact) mass is 473 g/mol. The molecule has 3 aromatic rings. The molecule has 0 fully saturated rings. The molecule has 0 aliphatic heterocycles. The van der Waals surface area contributed by atoms with E-state index in [1.54, 1.807) is 5.38 Å². The number of aromatic carboxylic acids is 1. The Labute approximate surface area is 183 Å². The maximum Gasteiger partial charge on any atom is 0.339 e. The molecule has 0 spiro atoms. The molecule has 10 heteroatoms. The van der Waals surface area contributed by atoms with Crippen LogP contribution < -0.4 is 10.1 Å². The zero-order valence-corrected chi connectivity index (χ0v) is 17.6. The van der Waals surface area contributed by atoms with E-state index < -0.39 is 17.7 Å². The van der Waals surface area contributed by atoms with Crippen LogP contribution in [0.25, 0.3) is 11.1 Å². The molecule has 0 radical (unpaired) electrons. The van der Waals surface area contributed by atoms with Gasteiger partial charge in [-0.15, -0.1) is 11.3 Å². The van der Waals surface area contributed by atoms with Crippen LogP contribution in [-0.2, 0) is 0 Å². The van der Waals surface area contributed by atoms with E-state index in [0.29, 0.717) is 11.1 Å². The zero-order chi connectivity index (χ0) is 21.3. The number of rotatable bonds is 5. The summed E-state index contributed by atoms with van der Waals surface area (Å²) < 4.78 is 18.3. The molecule has 1 amide bonds. The van der Waals surface area contributed by atoms with Crippen molar-refractivity contribution in [3.05, 3.63) is 67.7 Å². The van der Waals surface area contributed by atoms with E-state index >= 15 is 0 Å². The molecular weight excluding hydrogens is 464 g/mol. The van der Waals surface area contributed by atoms with Gasteiger partial charge in [0.15, 0.2) is 5.75 Å². The number of ether oxygens (including phenoxy) is 1. The molecule has 29 heavy (non-hydrogen) atoms. The van der Waals surface area contributed by atoms with Crippen molar-refractivity contribution >= 4 is 63.0 Å². The molecule has 5 nitrogen and oxygen atoms in total. The zero-order valence-electron chi connectivity index (χ0n) is 14.6. The number of halogens is 4. The van der Waals surface area contributed by atoms with Crippen LogP contribution in [-0.4, -0.2) is 24.1 Å². The number of carbonyl (C=O) groups excluding carboxylic acids is 1. The van der Waals surface area contributed by atoms with E-state index in [2.05, 4.69) is 5.32 Å². The minimum Gasteiger partial charge on any atom is -0.494 e. The summed E-state index contributed by atoms with van der Waals surface area (Å²) in [4.78, 5) is 24.6. The summed E-state index contributed by atoms with van der Waals surface area (Å²) >= 11 is 19.3. The molecule has 0 unspecified atom stereocenters. The first kappa shape index (κ1) is 21.4. The maximum atomic E-state index is 13.2. The molecule has 0 aliphatic rings. The topological polar surface area (TPSA) is 75.6 Å². The smallest absolute Gasteiger partial charge is 0.339 e. The molecule has 0 atom stereocenters. The van der Waals surface area contributed by atoms with Crippen LogP contribution in [0.1, 0.15) is 20.7 Å². The lowest BCUT2D eigenvalue weighted by Gasteiger charge is -2.13. The fraction of sp³-hybridized carbons (Fsp3) is 0.0526. The Hall–Kier alpha value is -2.32. The van der Waals surface area contributed by atoms with Gasteiger partial charge in [-0.3, -0.25) is 4.79 Å². The molecule has 1 heterocycles.